The Morgan fingerprint density at radius 2 is 1.95 bits per heavy atom. The van der Waals surface area contributed by atoms with Crippen LogP contribution in [0.4, 0.5) is 0 Å². The molecule has 0 aromatic heterocycles. The van der Waals surface area contributed by atoms with Crippen LogP contribution in [0, 0.1) is 23.2 Å². The highest BCUT2D eigenvalue weighted by molar-refractivity contribution is 4.82. The zero-order valence-corrected chi connectivity index (χ0v) is 14.7. The fraction of sp³-hybridized carbons (Fsp3) is 1.00. The van der Waals surface area contributed by atoms with Crippen molar-refractivity contribution in [2.45, 2.75) is 73.3 Å². The topological polar surface area (TPSA) is 21.3 Å². The van der Waals surface area contributed by atoms with E-state index in [1.807, 2.05) is 0 Å². The highest BCUT2D eigenvalue weighted by Gasteiger charge is 2.32. The van der Waals surface area contributed by atoms with E-state index in [-0.39, 0.29) is 5.41 Å². The van der Waals surface area contributed by atoms with Crippen LogP contribution in [-0.2, 0) is 4.74 Å². The number of ether oxygens (including phenoxy) is 1. The van der Waals surface area contributed by atoms with Gasteiger partial charge in [0.1, 0.15) is 0 Å². The average molecular weight is 284 g/mol. The highest BCUT2D eigenvalue weighted by Crippen LogP contribution is 2.36. The van der Waals surface area contributed by atoms with Crippen molar-refractivity contribution < 1.29 is 4.74 Å². The van der Waals surface area contributed by atoms with Crippen LogP contribution in [0.3, 0.4) is 0 Å². The molecule has 3 unspecified atom stereocenters. The SMILES string of the molecule is CCCNCC(C)(C)COC1CC(C)CCC1C(C)C. The molecule has 1 fully saturated rings. The summed E-state index contributed by atoms with van der Waals surface area (Å²) in [6.45, 7) is 17.0. The largest absolute Gasteiger partial charge is 0.377 e. The Bertz CT molecular complexity index is 262. The minimum atomic E-state index is 0.234. The second-order valence-electron chi connectivity index (χ2n) is 8.02. The van der Waals surface area contributed by atoms with Crippen LogP contribution in [-0.4, -0.2) is 25.8 Å². The Morgan fingerprint density at radius 1 is 1.25 bits per heavy atom. The lowest BCUT2D eigenvalue weighted by Gasteiger charge is -2.39. The molecule has 0 saturated heterocycles. The lowest BCUT2D eigenvalue weighted by Crippen LogP contribution is -2.39. The predicted octanol–water partition coefficient (Wildman–Crippen LogP) is 4.49. The molecule has 0 aromatic rings. The Kier molecular flexibility index (Phi) is 7.53. The van der Waals surface area contributed by atoms with E-state index in [0.717, 1.165) is 37.5 Å². The van der Waals surface area contributed by atoms with E-state index in [9.17, 15) is 0 Å². The van der Waals surface area contributed by atoms with Crippen molar-refractivity contribution in [3.05, 3.63) is 0 Å². The number of nitrogens with one attached hydrogen (secondary N) is 1. The van der Waals surface area contributed by atoms with Crippen molar-refractivity contribution in [1.82, 2.24) is 5.32 Å². The molecule has 0 spiro atoms. The van der Waals surface area contributed by atoms with Crippen LogP contribution in [0.1, 0.15) is 67.2 Å². The first-order valence-corrected chi connectivity index (χ1v) is 8.68. The maximum absolute atomic E-state index is 6.38. The summed E-state index contributed by atoms with van der Waals surface area (Å²) in [6.07, 6.45) is 5.65. The smallest absolute Gasteiger partial charge is 0.0608 e. The maximum Gasteiger partial charge on any atom is 0.0608 e. The summed E-state index contributed by atoms with van der Waals surface area (Å²) >= 11 is 0. The van der Waals surface area contributed by atoms with Gasteiger partial charge in [-0.15, -0.1) is 0 Å². The lowest BCUT2D eigenvalue weighted by molar-refractivity contribution is -0.0655. The van der Waals surface area contributed by atoms with E-state index in [0.29, 0.717) is 6.10 Å². The molecule has 1 N–H and O–H groups in total. The standard InChI is InChI=1S/C18H37NO/c1-7-10-19-12-18(5,6)13-20-17-11-15(4)8-9-16(17)14(2)3/h14-17,19H,7-13H2,1-6H3. The van der Waals surface area contributed by atoms with Gasteiger partial charge in [0.2, 0.25) is 0 Å². The summed E-state index contributed by atoms with van der Waals surface area (Å²) in [4.78, 5) is 0. The fourth-order valence-electron chi connectivity index (χ4n) is 3.29. The van der Waals surface area contributed by atoms with Gasteiger partial charge in [0, 0.05) is 12.0 Å². The first-order valence-electron chi connectivity index (χ1n) is 8.68. The molecular formula is C18H37NO. The lowest BCUT2D eigenvalue weighted by atomic mass is 9.75. The minimum Gasteiger partial charge on any atom is -0.377 e. The Morgan fingerprint density at radius 3 is 2.55 bits per heavy atom. The van der Waals surface area contributed by atoms with Crippen LogP contribution in [0.2, 0.25) is 0 Å². The Labute approximate surface area is 127 Å². The number of rotatable bonds is 8. The summed E-state index contributed by atoms with van der Waals surface area (Å²) in [7, 11) is 0. The molecule has 0 heterocycles. The van der Waals surface area contributed by atoms with Gasteiger partial charge in [-0.25, -0.2) is 0 Å². The van der Waals surface area contributed by atoms with Crippen LogP contribution >= 0.6 is 0 Å². The summed E-state index contributed by atoms with van der Waals surface area (Å²) in [5.74, 6) is 2.33. The first kappa shape index (κ1) is 18.0. The molecule has 0 radical (unpaired) electrons. The molecular weight excluding hydrogens is 246 g/mol. The molecule has 1 aliphatic rings. The van der Waals surface area contributed by atoms with Crippen LogP contribution in [0.25, 0.3) is 0 Å². The summed E-state index contributed by atoms with van der Waals surface area (Å²) in [6, 6.07) is 0. The average Bonchev–Trinajstić information content (AvgIpc) is 2.36. The van der Waals surface area contributed by atoms with Gasteiger partial charge < -0.3 is 10.1 Å². The summed E-state index contributed by atoms with van der Waals surface area (Å²) in [5, 5.41) is 3.53. The predicted molar refractivity (Wildman–Crippen MR) is 88.0 cm³/mol. The minimum absolute atomic E-state index is 0.234. The summed E-state index contributed by atoms with van der Waals surface area (Å²) in [5.41, 5.74) is 0.234. The van der Waals surface area contributed by atoms with E-state index >= 15 is 0 Å². The van der Waals surface area contributed by atoms with Gasteiger partial charge in [-0.05, 0) is 43.6 Å². The van der Waals surface area contributed by atoms with Crippen molar-refractivity contribution in [1.29, 1.82) is 0 Å². The molecule has 0 bridgehead atoms. The van der Waals surface area contributed by atoms with E-state index in [1.165, 1.54) is 25.7 Å². The molecule has 3 atom stereocenters. The molecule has 1 rings (SSSR count). The van der Waals surface area contributed by atoms with Gasteiger partial charge in [-0.2, -0.15) is 0 Å². The zero-order chi connectivity index (χ0) is 15.2. The van der Waals surface area contributed by atoms with Crippen LogP contribution in [0.5, 0.6) is 0 Å². The van der Waals surface area contributed by atoms with E-state index in [2.05, 4.69) is 46.9 Å². The molecule has 1 saturated carbocycles. The summed E-state index contributed by atoms with van der Waals surface area (Å²) < 4.78 is 6.38. The van der Waals surface area contributed by atoms with Gasteiger partial charge in [0.25, 0.3) is 0 Å². The normalized spacial score (nSPS) is 28.1. The Balaban J connectivity index is 2.43. The molecule has 2 nitrogen and oxygen atoms in total. The van der Waals surface area contributed by atoms with E-state index in [4.69, 9.17) is 4.74 Å². The number of hydrogen-bond donors (Lipinski definition) is 1. The molecule has 20 heavy (non-hydrogen) atoms. The molecule has 0 amide bonds. The third-order valence-electron chi connectivity index (χ3n) is 4.68. The van der Waals surface area contributed by atoms with E-state index in [1.54, 1.807) is 0 Å². The Hall–Kier alpha value is -0.0800. The first-order chi connectivity index (χ1) is 9.35. The van der Waals surface area contributed by atoms with E-state index < -0.39 is 0 Å². The molecule has 0 aliphatic heterocycles. The van der Waals surface area contributed by atoms with Crippen molar-refractivity contribution in [2.24, 2.45) is 23.2 Å². The molecule has 1 aliphatic carbocycles. The monoisotopic (exact) mass is 283 g/mol. The van der Waals surface area contributed by atoms with Crippen molar-refractivity contribution >= 4 is 0 Å². The van der Waals surface area contributed by atoms with Crippen LogP contribution in [0.15, 0.2) is 0 Å². The second-order valence-corrected chi connectivity index (χ2v) is 8.02. The van der Waals surface area contributed by atoms with Gasteiger partial charge in [0.15, 0.2) is 0 Å². The van der Waals surface area contributed by atoms with Crippen molar-refractivity contribution in [3.8, 4) is 0 Å². The van der Waals surface area contributed by atoms with Gasteiger partial charge >= 0.3 is 0 Å². The third-order valence-corrected chi connectivity index (χ3v) is 4.68. The molecule has 120 valence electrons. The third kappa shape index (κ3) is 6.13. The zero-order valence-electron chi connectivity index (χ0n) is 14.7. The second kappa shape index (κ2) is 8.38. The van der Waals surface area contributed by atoms with Gasteiger partial charge in [-0.1, -0.05) is 48.0 Å². The number of hydrogen-bond acceptors (Lipinski definition) is 2. The van der Waals surface area contributed by atoms with Crippen molar-refractivity contribution in [2.75, 3.05) is 19.7 Å². The highest BCUT2D eigenvalue weighted by atomic mass is 16.5. The molecule has 0 aromatic carbocycles. The fourth-order valence-corrected chi connectivity index (χ4v) is 3.29. The van der Waals surface area contributed by atoms with Crippen LogP contribution < -0.4 is 5.32 Å². The quantitative estimate of drug-likeness (QED) is 0.663. The van der Waals surface area contributed by atoms with Crippen molar-refractivity contribution in [3.63, 3.8) is 0 Å². The van der Waals surface area contributed by atoms with Gasteiger partial charge in [-0.3, -0.25) is 0 Å². The maximum atomic E-state index is 6.38. The van der Waals surface area contributed by atoms with Gasteiger partial charge in [0.05, 0.1) is 12.7 Å². The molecule has 2 heteroatoms.